The lowest BCUT2D eigenvalue weighted by molar-refractivity contribution is -0.124. The van der Waals surface area contributed by atoms with Gasteiger partial charge in [-0.2, -0.15) is 0 Å². The van der Waals surface area contributed by atoms with Crippen LogP contribution < -0.4 is 4.74 Å². The van der Waals surface area contributed by atoms with E-state index in [0.717, 1.165) is 52.8 Å². The van der Waals surface area contributed by atoms with E-state index < -0.39 is 0 Å². The molecule has 40 heavy (non-hydrogen) atoms. The minimum absolute atomic E-state index is 0.0751. The van der Waals surface area contributed by atoms with E-state index >= 15 is 0 Å². The van der Waals surface area contributed by atoms with Crippen molar-refractivity contribution in [2.24, 2.45) is 4.99 Å². The number of thioether (sulfide) groups is 1. The summed E-state index contributed by atoms with van der Waals surface area (Å²) in [6, 6.07) is 18.3. The van der Waals surface area contributed by atoms with Gasteiger partial charge in [-0.15, -0.1) is 0 Å². The van der Waals surface area contributed by atoms with Crippen LogP contribution in [0.5, 0.6) is 5.75 Å². The molecule has 1 saturated heterocycles. The van der Waals surface area contributed by atoms with Crippen molar-refractivity contribution in [3.8, 4) is 5.75 Å². The van der Waals surface area contributed by atoms with E-state index in [1.807, 2.05) is 41.3 Å². The number of rotatable bonds is 6. The number of carbonyl (C=O) groups excluding carboxylic acids is 1. The summed E-state index contributed by atoms with van der Waals surface area (Å²) in [5, 5.41) is 4.20. The smallest absolute Gasteiger partial charge is 0.267 e. The van der Waals surface area contributed by atoms with Crippen LogP contribution in [0.4, 0.5) is 0 Å². The highest BCUT2D eigenvalue weighted by atomic mass is 35.5. The first kappa shape index (κ1) is 27.7. The molecule has 3 aliphatic rings. The van der Waals surface area contributed by atoms with Crippen molar-refractivity contribution in [3.63, 3.8) is 0 Å². The van der Waals surface area contributed by atoms with Crippen LogP contribution in [0.2, 0.25) is 10.0 Å². The number of hydrogen-bond donors (Lipinski definition) is 0. The van der Waals surface area contributed by atoms with E-state index in [-0.39, 0.29) is 11.9 Å². The fourth-order valence-electron chi connectivity index (χ4n) is 6.08. The van der Waals surface area contributed by atoms with Gasteiger partial charge in [0.2, 0.25) is 0 Å². The van der Waals surface area contributed by atoms with Gasteiger partial charge in [0.15, 0.2) is 5.17 Å². The number of benzene rings is 3. The maximum Gasteiger partial charge on any atom is 0.267 e. The lowest BCUT2D eigenvalue weighted by atomic mass is 9.94. The summed E-state index contributed by atoms with van der Waals surface area (Å²) in [5.74, 6) is 0.790. The number of fused-ring (bicyclic) bond motifs is 1. The van der Waals surface area contributed by atoms with Crippen molar-refractivity contribution in [3.05, 3.63) is 80.7 Å². The van der Waals surface area contributed by atoms with Crippen LogP contribution in [0, 0.1) is 0 Å². The van der Waals surface area contributed by atoms with Crippen molar-refractivity contribution in [1.82, 2.24) is 4.90 Å². The second kappa shape index (κ2) is 12.6. The molecule has 0 spiro atoms. The Bertz CT molecular complexity index is 1460. The molecule has 0 atom stereocenters. The number of hydrogen-bond acceptors (Lipinski definition) is 4. The zero-order valence-corrected chi connectivity index (χ0v) is 24.9. The van der Waals surface area contributed by atoms with Gasteiger partial charge in [-0.05, 0) is 72.5 Å². The predicted molar refractivity (Wildman–Crippen MR) is 168 cm³/mol. The van der Waals surface area contributed by atoms with Gasteiger partial charge in [-0.25, -0.2) is 0 Å². The molecule has 7 heteroatoms. The van der Waals surface area contributed by atoms with Crippen molar-refractivity contribution < 1.29 is 9.53 Å². The minimum atomic E-state index is 0.0751. The molecule has 0 unspecified atom stereocenters. The lowest BCUT2D eigenvalue weighted by Gasteiger charge is -2.31. The third-order valence-electron chi connectivity index (χ3n) is 8.25. The number of halogens is 2. The van der Waals surface area contributed by atoms with Gasteiger partial charge < -0.3 is 4.74 Å². The maximum absolute atomic E-state index is 14.0. The zero-order chi connectivity index (χ0) is 27.5. The highest BCUT2D eigenvalue weighted by Gasteiger charge is 2.39. The molecule has 4 nitrogen and oxygen atoms in total. The monoisotopic (exact) mass is 592 g/mol. The first-order chi connectivity index (χ1) is 19.6. The van der Waals surface area contributed by atoms with Crippen molar-refractivity contribution >= 4 is 62.9 Å². The van der Waals surface area contributed by atoms with Gasteiger partial charge in [0.05, 0.1) is 10.9 Å². The minimum Gasteiger partial charge on any atom is -0.488 e. The Labute approximate surface area is 250 Å². The van der Waals surface area contributed by atoms with Crippen LogP contribution in [0.25, 0.3) is 16.8 Å². The van der Waals surface area contributed by atoms with Gasteiger partial charge in [-0.3, -0.25) is 14.7 Å². The van der Waals surface area contributed by atoms with Crippen LogP contribution >= 0.6 is 35.0 Å². The first-order valence-corrected chi connectivity index (χ1v) is 16.0. The number of aliphatic imine (C=N–C) groups is 1. The molecule has 1 aliphatic heterocycles. The SMILES string of the molecule is O=C1C(=Cc2c(OCc3ccc(Cl)cc3Cl)ccc3ccccc23)SC(=NC2CCCCC2)N1C1CCCCC1. The molecule has 2 saturated carbocycles. The molecule has 1 heterocycles. The van der Waals surface area contributed by atoms with Crippen LogP contribution in [0.15, 0.2) is 64.5 Å². The topological polar surface area (TPSA) is 41.9 Å². The Morgan fingerprint density at radius 2 is 1.68 bits per heavy atom. The average Bonchev–Trinajstić information content (AvgIpc) is 3.28. The molecular weight excluding hydrogens is 559 g/mol. The van der Waals surface area contributed by atoms with E-state index in [4.69, 9.17) is 32.9 Å². The second-order valence-corrected chi connectivity index (χ2v) is 12.9. The first-order valence-electron chi connectivity index (χ1n) is 14.5. The Balaban J connectivity index is 1.37. The van der Waals surface area contributed by atoms with E-state index in [0.29, 0.717) is 33.3 Å². The van der Waals surface area contributed by atoms with Gasteiger partial charge >= 0.3 is 0 Å². The summed E-state index contributed by atoms with van der Waals surface area (Å²) >= 11 is 14.1. The Kier molecular flexibility index (Phi) is 8.71. The standard InChI is InChI=1S/C33H34Cl2N2O2S/c34-24-17-15-23(29(35)19-24)21-39-30-18-16-22-9-7-8-14-27(22)28(30)20-31-32(38)37(26-12-5-2-6-13-26)33(40-31)36-25-10-3-1-4-11-25/h7-9,14-20,25-26H,1-6,10-13,21H2. The van der Waals surface area contributed by atoms with Gasteiger partial charge in [0.25, 0.3) is 5.91 Å². The summed E-state index contributed by atoms with van der Waals surface area (Å²) < 4.78 is 6.35. The Hall–Kier alpha value is -2.47. The molecule has 0 bridgehead atoms. The number of amides is 1. The third-order valence-corrected chi connectivity index (χ3v) is 9.83. The molecule has 3 fully saturated rings. The van der Waals surface area contributed by atoms with Crippen molar-refractivity contribution in [2.75, 3.05) is 0 Å². The van der Waals surface area contributed by atoms with Crippen LogP contribution in [-0.2, 0) is 11.4 Å². The molecule has 0 radical (unpaired) electrons. The molecule has 6 rings (SSSR count). The average molecular weight is 594 g/mol. The molecule has 1 amide bonds. The normalized spacial score (nSPS) is 21.1. The fraction of sp³-hybridized carbons (Fsp3) is 0.394. The molecule has 3 aromatic carbocycles. The molecular formula is C33H34Cl2N2O2S. The molecule has 208 valence electrons. The summed E-state index contributed by atoms with van der Waals surface area (Å²) in [6.07, 6.45) is 13.7. The second-order valence-electron chi connectivity index (χ2n) is 11.0. The Morgan fingerprint density at radius 3 is 2.45 bits per heavy atom. The van der Waals surface area contributed by atoms with E-state index in [9.17, 15) is 4.79 Å². The zero-order valence-electron chi connectivity index (χ0n) is 22.6. The predicted octanol–water partition coefficient (Wildman–Crippen LogP) is 9.66. The lowest BCUT2D eigenvalue weighted by Crippen LogP contribution is -2.41. The quantitative estimate of drug-likeness (QED) is 0.267. The van der Waals surface area contributed by atoms with Crippen molar-refractivity contribution in [1.29, 1.82) is 0 Å². The molecule has 0 N–H and O–H groups in total. The Morgan fingerprint density at radius 1 is 0.925 bits per heavy atom. The number of nitrogens with zero attached hydrogens (tertiary/aromatic N) is 2. The van der Waals surface area contributed by atoms with Gasteiger partial charge in [0, 0.05) is 27.2 Å². The summed E-state index contributed by atoms with van der Waals surface area (Å²) in [7, 11) is 0. The highest BCUT2D eigenvalue weighted by Crippen LogP contribution is 2.41. The highest BCUT2D eigenvalue weighted by molar-refractivity contribution is 8.18. The summed E-state index contributed by atoms with van der Waals surface area (Å²) in [4.78, 5) is 22.0. The molecule has 3 aromatic rings. The number of amidine groups is 1. The van der Waals surface area contributed by atoms with Gasteiger partial charge in [-0.1, -0.05) is 98.1 Å². The van der Waals surface area contributed by atoms with E-state index in [1.165, 1.54) is 38.5 Å². The summed E-state index contributed by atoms with van der Waals surface area (Å²) in [6.45, 7) is 0.300. The largest absolute Gasteiger partial charge is 0.488 e. The van der Waals surface area contributed by atoms with Crippen LogP contribution in [-0.4, -0.2) is 28.1 Å². The maximum atomic E-state index is 14.0. The fourth-order valence-corrected chi connectivity index (χ4v) is 7.63. The van der Waals surface area contributed by atoms with Crippen LogP contribution in [0.3, 0.4) is 0 Å². The molecule has 2 aliphatic carbocycles. The summed E-state index contributed by atoms with van der Waals surface area (Å²) in [5.41, 5.74) is 1.76. The third kappa shape index (κ3) is 6.07. The van der Waals surface area contributed by atoms with Crippen molar-refractivity contribution in [2.45, 2.75) is 82.9 Å². The van der Waals surface area contributed by atoms with E-state index in [1.54, 1.807) is 17.8 Å². The molecule has 0 aromatic heterocycles. The van der Waals surface area contributed by atoms with Crippen LogP contribution in [0.1, 0.15) is 75.3 Å². The number of ether oxygens (including phenoxy) is 1. The number of carbonyl (C=O) groups is 1. The van der Waals surface area contributed by atoms with Gasteiger partial charge in [0.1, 0.15) is 12.4 Å². The van der Waals surface area contributed by atoms with E-state index in [2.05, 4.69) is 18.2 Å².